The van der Waals surface area contributed by atoms with Gasteiger partial charge in [0.1, 0.15) is 24.0 Å². The van der Waals surface area contributed by atoms with E-state index in [0.717, 1.165) is 29.2 Å². The van der Waals surface area contributed by atoms with Gasteiger partial charge in [-0.25, -0.2) is 4.98 Å². The fourth-order valence-corrected chi connectivity index (χ4v) is 4.54. The number of aliphatic hydroxyl groups excluding tert-OH is 2. The Morgan fingerprint density at radius 2 is 1.70 bits per heavy atom. The molecule has 0 saturated carbocycles. The van der Waals surface area contributed by atoms with Crippen molar-refractivity contribution in [1.29, 1.82) is 0 Å². The molecule has 0 bridgehead atoms. The zero-order valence-electron chi connectivity index (χ0n) is 17.7. The van der Waals surface area contributed by atoms with Gasteiger partial charge in [0.15, 0.2) is 6.10 Å². The first-order chi connectivity index (χ1) is 15.7. The lowest BCUT2D eigenvalue weighted by molar-refractivity contribution is -0.213. The molecule has 2 heterocycles. The summed E-state index contributed by atoms with van der Waals surface area (Å²) in [5, 5.41) is 21.1. The summed E-state index contributed by atoms with van der Waals surface area (Å²) in [6, 6.07) is 17.2. The van der Waals surface area contributed by atoms with Crippen molar-refractivity contribution in [1.82, 2.24) is 4.98 Å². The number of benzene rings is 2. The summed E-state index contributed by atoms with van der Waals surface area (Å²) >= 11 is 0. The number of nitrogens with zero attached hydrogens (tertiary/aromatic N) is 1. The van der Waals surface area contributed by atoms with Crippen LogP contribution in [0.1, 0.15) is 35.4 Å². The van der Waals surface area contributed by atoms with Crippen molar-refractivity contribution in [3.05, 3.63) is 83.0 Å². The lowest BCUT2D eigenvalue weighted by Gasteiger charge is -2.41. The van der Waals surface area contributed by atoms with E-state index < -0.39 is 42.4 Å². The van der Waals surface area contributed by atoms with Gasteiger partial charge in [-0.15, -0.1) is 0 Å². The van der Waals surface area contributed by atoms with Crippen LogP contribution in [0.2, 0.25) is 0 Å². The van der Waals surface area contributed by atoms with Crippen LogP contribution in [0, 0.1) is 0 Å². The van der Waals surface area contributed by atoms with Crippen LogP contribution in [0.3, 0.4) is 0 Å². The molecule has 0 radical (unpaired) electrons. The Morgan fingerprint density at radius 1 is 0.939 bits per heavy atom. The van der Waals surface area contributed by atoms with Crippen molar-refractivity contribution in [2.45, 2.75) is 50.0 Å². The van der Waals surface area contributed by atoms with E-state index in [-0.39, 0.29) is 5.88 Å². The molecule has 33 heavy (non-hydrogen) atoms. The first-order valence-corrected chi connectivity index (χ1v) is 10.7. The molecule has 1 saturated heterocycles. The molecule has 5 atom stereocenters. The summed E-state index contributed by atoms with van der Waals surface area (Å²) in [5.74, 6) is -0.310. The molecular formula is C25H22F3NO4. The normalized spacial score (nSPS) is 26.5. The van der Waals surface area contributed by atoms with Crippen LogP contribution in [-0.2, 0) is 17.3 Å². The number of alkyl halides is 3. The maximum absolute atomic E-state index is 13.1. The summed E-state index contributed by atoms with van der Waals surface area (Å²) in [4.78, 5) is 3.54. The highest BCUT2D eigenvalue weighted by Crippen LogP contribution is 2.41. The molecule has 8 heteroatoms. The average Bonchev–Trinajstić information content (AvgIpc) is 3.17. The Kier molecular flexibility index (Phi) is 5.39. The number of hydrogen-bond acceptors (Lipinski definition) is 5. The quantitative estimate of drug-likeness (QED) is 0.480. The van der Waals surface area contributed by atoms with Crippen molar-refractivity contribution in [2.24, 2.45) is 0 Å². The molecule has 0 amide bonds. The predicted octanol–water partition coefficient (Wildman–Crippen LogP) is 4.30. The van der Waals surface area contributed by atoms with Crippen LogP contribution < -0.4 is 4.74 Å². The SMILES string of the molecule is C[C@H]1O[C@H](c2ccc3c(c2)-c2ccccc2C3)[C@H](Oc2cccc(C(F)(F)F)n2)[C@@H](O)[C@H]1O. The second-order valence-electron chi connectivity index (χ2n) is 8.43. The molecule has 1 aliphatic carbocycles. The van der Waals surface area contributed by atoms with E-state index in [4.69, 9.17) is 9.47 Å². The highest BCUT2D eigenvalue weighted by Gasteiger charge is 2.45. The number of rotatable bonds is 3. The van der Waals surface area contributed by atoms with E-state index in [1.807, 2.05) is 36.4 Å². The zero-order chi connectivity index (χ0) is 23.3. The molecular weight excluding hydrogens is 435 g/mol. The monoisotopic (exact) mass is 457 g/mol. The molecule has 2 aromatic carbocycles. The number of ether oxygens (including phenoxy) is 2. The van der Waals surface area contributed by atoms with Gasteiger partial charge >= 0.3 is 6.18 Å². The molecule has 0 spiro atoms. The van der Waals surface area contributed by atoms with Gasteiger partial charge in [0.2, 0.25) is 5.88 Å². The van der Waals surface area contributed by atoms with Crippen molar-refractivity contribution in [3.63, 3.8) is 0 Å². The molecule has 172 valence electrons. The minimum Gasteiger partial charge on any atom is -0.468 e. The number of pyridine rings is 1. The molecule has 1 aliphatic heterocycles. The van der Waals surface area contributed by atoms with E-state index >= 15 is 0 Å². The minimum atomic E-state index is -4.64. The fourth-order valence-electron chi connectivity index (χ4n) is 4.54. The van der Waals surface area contributed by atoms with Gasteiger partial charge in [0.05, 0.1) is 6.10 Å². The molecule has 1 aromatic heterocycles. The summed E-state index contributed by atoms with van der Waals surface area (Å²) in [7, 11) is 0. The maximum atomic E-state index is 13.1. The maximum Gasteiger partial charge on any atom is 0.433 e. The number of fused-ring (bicyclic) bond motifs is 3. The van der Waals surface area contributed by atoms with Crippen molar-refractivity contribution >= 4 is 0 Å². The zero-order valence-corrected chi connectivity index (χ0v) is 17.7. The first kappa shape index (κ1) is 21.9. The molecule has 0 unspecified atom stereocenters. The molecule has 2 aliphatic rings. The van der Waals surface area contributed by atoms with E-state index in [2.05, 4.69) is 11.1 Å². The van der Waals surface area contributed by atoms with Gasteiger partial charge in [-0.2, -0.15) is 13.2 Å². The fraction of sp³-hybridized carbons (Fsp3) is 0.320. The van der Waals surface area contributed by atoms with Crippen LogP contribution in [0.25, 0.3) is 11.1 Å². The van der Waals surface area contributed by atoms with E-state index in [1.54, 1.807) is 6.92 Å². The van der Waals surface area contributed by atoms with E-state index in [0.29, 0.717) is 5.56 Å². The Labute approximate surface area is 188 Å². The second-order valence-corrected chi connectivity index (χ2v) is 8.43. The van der Waals surface area contributed by atoms with Crippen molar-refractivity contribution in [3.8, 4) is 17.0 Å². The lowest BCUT2D eigenvalue weighted by atomic mass is 9.90. The van der Waals surface area contributed by atoms with Crippen LogP contribution in [-0.4, -0.2) is 39.6 Å². The summed E-state index contributed by atoms with van der Waals surface area (Å²) in [6.07, 6.45) is -9.19. The summed E-state index contributed by atoms with van der Waals surface area (Å²) in [6.45, 7) is 1.63. The Balaban J connectivity index is 1.51. The van der Waals surface area contributed by atoms with Crippen LogP contribution in [0.4, 0.5) is 13.2 Å². The van der Waals surface area contributed by atoms with Gasteiger partial charge in [-0.1, -0.05) is 42.5 Å². The molecule has 5 nitrogen and oxygen atoms in total. The number of aromatic nitrogens is 1. The van der Waals surface area contributed by atoms with Crippen LogP contribution in [0.15, 0.2) is 60.7 Å². The number of halogens is 3. The Bertz CT molecular complexity index is 1180. The molecule has 3 aromatic rings. The van der Waals surface area contributed by atoms with Gasteiger partial charge in [0, 0.05) is 6.07 Å². The lowest BCUT2D eigenvalue weighted by Crippen LogP contribution is -2.55. The molecule has 5 rings (SSSR count). The Hall–Kier alpha value is -2.94. The minimum absolute atomic E-state index is 0.310. The summed E-state index contributed by atoms with van der Waals surface area (Å²) < 4.78 is 51.0. The molecule has 2 N–H and O–H groups in total. The third-order valence-corrected chi connectivity index (χ3v) is 6.25. The second kappa shape index (κ2) is 8.13. The van der Waals surface area contributed by atoms with Gasteiger partial charge in [-0.05, 0) is 53.3 Å². The standard InChI is InChI=1S/C25H22F3NO4/c1-13-21(30)22(31)24(33-20-8-4-7-19(29-20)25(26,27)28)23(32-13)16-10-9-15-11-14-5-2-3-6-17(14)18(15)12-16/h2-10,12-13,21-24,30-31H,11H2,1H3/t13-,21+,22+,23-,24-/m1/s1. The number of hydrogen-bond donors (Lipinski definition) is 2. The molecule has 1 fully saturated rings. The van der Waals surface area contributed by atoms with Gasteiger partial charge in [-0.3, -0.25) is 0 Å². The third kappa shape index (κ3) is 3.99. The van der Waals surface area contributed by atoms with E-state index in [9.17, 15) is 23.4 Å². The van der Waals surface area contributed by atoms with E-state index in [1.165, 1.54) is 17.7 Å². The highest BCUT2D eigenvalue weighted by atomic mass is 19.4. The predicted molar refractivity (Wildman–Crippen MR) is 114 cm³/mol. The van der Waals surface area contributed by atoms with Crippen LogP contribution in [0.5, 0.6) is 5.88 Å². The van der Waals surface area contributed by atoms with Gasteiger partial charge < -0.3 is 19.7 Å². The topological polar surface area (TPSA) is 71.8 Å². The van der Waals surface area contributed by atoms with Crippen molar-refractivity contribution in [2.75, 3.05) is 0 Å². The highest BCUT2D eigenvalue weighted by molar-refractivity contribution is 5.77. The Morgan fingerprint density at radius 3 is 2.48 bits per heavy atom. The smallest absolute Gasteiger partial charge is 0.433 e. The van der Waals surface area contributed by atoms with Gasteiger partial charge in [0.25, 0.3) is 0 Å². The first-order valence-electron chi connectivity index (χ1n) is 10.7. The third-order valence-electron chi connectivity index (χ3n) is 6.25. The van der Waals surface area contributed by atoms with Crippen molar-refractivity contribution < 1.29 is 32.9 Å². The summed E-state index contributed by atoms with van der Waals surface area (Å²) in [5.41, 5.74) is 4.10. The number of aliphatic hydroxyl groups is 2. The largest absolute Gasteiger partial charge is 0.468 e. The van der Waals surface area contributed by atoms with Crippen LogP contribution >= 0.6 is 0 Å². The average molecular weight is 457 g/mol.